The Morgan fingerprint density at radius 3 is 2.41 bits per heavy atom. The molecule has 0 aliphatic carbocycles. The fourth-order valence-corrected chi connectivity index (χ4v) is 4.52. The number of rotatable bonds is 11. The summed E-state index contributed by atoms with van der Waals surface area (Å²) in [6.45, 7) is 5.74. The third-order valence-electron chi connectivity index (χ3n) is 5.56. The summed E-state index contributed by atoms with van der Waals surface area (Å²) < 4.78 is 4.81. The SMILES string of the molecule is COC(=O)C(CNC(=O)c1ccc(C)s1)NC(=O)c1c(C)nc(NCCCc2cccc(O)c2)nc1C. The van der Waals surface area contributed by atoms with Gasteiger partial charge >= 0.3 is 5.97 Å². The number of aryl methyl sites for hydroxylation is 4. The Hall–Kier alpha value is -3.99. The molecule has 0 bridgehead atoms. The van der Waals surface area contributed by atoms with Crippen molar-refractivity contribution < 1.29 is 24.2 Å². The van der Waals surface area contributed by atoms with Crippen LogP contribution in [0.5, 0.6) is 5.75 Å². The second kappa shape index (κ2) is 12.8. The lowest BCUT2D eigenvalue weighted by molar-refractivity contribution is -0.142. The van der Waals surface area contributed by atoms with E-state index < -0.39 is 17.9 Å². The van der Waals surface area contributed by atoms with Gasteiger partial charge in [0.15, 0.2) is 0 Å². The zero-order valence-electron chi connectivity index (χ0n) is 21.3. The molecule has 4 N–H and O–H groups in total. The summed E-state index contributed by atoms with van der Waals surface area (Å²) in [6, 6.07) is 9.57. The topological polar surface area (TPSA) is 143 Å². The number of phenols is 1. The molecule has 1 aromatic carbocycles. The third kappa shape index (κ3) is 7.74. The van der Waals surface area contributed by atoms with Crippen molar-refractivity contribution in [3.05, 3.63) is 68.7 Å². The van der Waals surface area contributed by atoms with Crippen molar-refractivity contribution in [2.24, 2.45) is 0 Å². The average Bonchev–Trinajstić information content (AvgIpc) is 3.29. The first-order chi connectivity index (χ1) is 17.7. The maximum Gasteiger partial charge on any atom is 0.330 e. The Morgan fingerprint density at radius 1 is 1.05 bits per heavy atom. The van der Waals surface area contributed by atoms with Gasteiger partial charge in [0.2, 0.25) is 5.95 Å². The first kappa shape index (κ1) is 27.6. The van der Waals surface area contributed by atoms with Gasteiger partial charge in [-0.15, -0.1) is 11.3 Å². The summed E-state index contributed by atoms with van der Waals surface area (Å²) in [5.74, 6) is -0.926. The zero-order chi connectivity index (χ0) is 26.9. The Labute approximate surface area is 219 Å². The van der Waals surface area contributed by atoms with Crippen molar-refractivity contribution in [3.63, 3.8) is 0 Å². The number of esters is 1. The molecular formula is C26H31N5O5S. The first-order valence-corrected chi connectivity index (χ1v) is 12.6. The van der Waals surface area contributed by atoms with Crippen LogP contribution in [0.15, 0.2) is 36.4 Å². The number of methoxy groups -OCH3 is 1. The molecule has 2 aromatic heterocycles. The number of aromatic hydroxyl groups is 1. The van der Waals surface area contributed by atoms with E-state index in [2.05, 4.69) is 25.9 Å². The average molecular weight is 526 g/mol. The van der Waals surface area contributed by atoms with Gasteiger partial charge in [0.1, 0.15) is 11.8 Å². The predicted molar refractivity (Wildman–Crippen MR) is 141 cm³/mol. The summed E-state index contributed by atoms with van der Waals surface area (Å²) >= 11 is 1.34. The molecule has 0 fully saturated rings. The van der Waals surface area contributed by atoms with E-state index >= 15 is 0 Å². The number of nitrogens with zero attached hydrogens (tertiary/aromatic N) is 2. The molecule has 0 saturated carbocycles. The number of hydrogen-bond donors (Lipinski definition) is 4. The number of benzene rings is 1. The summed E-state index contributed by atoms with van der Waals surface area (Å²) in [4.78, 5) is 48.0. The highest BCUT2D eigenvalue weighted by molar-refractivity contribution is 7.13. The van der Waals surface area contributed by atoms with Crippen molar-refractivity contribution in [1.29, 1.82) is 0 Å². The number of carbonyl (C=O) groups excluding carboxylic acids is 3. The van der Waals surface area contributed by atoms with Crippen molar-refractivity contribution >= 4 is 35.1 Å². The molecular weight excluding hydrogens is 494 g/mol. The van der Waals surface area contributed by atoms with Crippen molar-refractivity contribution in [3.8, 4) is 5.75 Å². The lowest BCUT2D eigenvalue weighted by Gasteiger charge is -2.18. The highest BCUT2D eigenvalue weighted by Crippen LogP contribution is 2.16. The molecule has 11 heteroatoms. The number of aromatic nitrogens is 2. The fourth-order valence-electron chi connectivity index (χ4n) is 3.73. The standard InChI is InChI=1S/C26H31N5O5S/c1-15-10-11-21(37-15)23(33)28-14-20(25(35)36-4)31-24(34)22-16(2)29-26(30-17(22)3)27-12-6-8-18-7-5-9-19(32)13-18/h5,7,9-11,13,20,32H,6,8,12,14H2,1-4H3,(H,28,33)(H,31,34)(H,27,29,30). The normalized spacial score (nSPS) is 11.5. The fraction of sp³-hybridized carbons (Fsp3) is 0.346. The number of hydrogen-bond acceptors (Lipinski definition) is 9. The van der Waals surface area contributed by atoms with E-state index in [4.69, 9.17) is 4.74 Å². The molecule has 0 aliphatic heterocycles. The highest BCUT2D eigenvalue weighted by atomic mass is 32.1. The number of amides is 2. The zero-order valence-corrected chi connectivity index (χ0v) is 22.1. The van der Waals surface area contributed by atoms with Crippen LogP contribution in [0.3, 0.4) is 0 Å². The maximum absolute atomic E-state index is 13.0. The van der Waals surface area contributed by atoms with E-state index in [9.17, 15) is 19.5 Å². The van der Waals surface area contributed by atoms with E-state index in [1.54, 1.807) is 38.1 Å². The van der Waals surface area contributed by atoms with E-state index in [1.165, 1.54) is 18.4 Å². The van der Waals surface area contributed by atoms with Gasteiger partial charge in [-0.3, -0.25) is 9.59 Å². The van der Waals surface area contributed by atoms with Gasteiger partial charge in [0.25, 0.3) is 11.8 Å². The van der Waals surface area contributed by atoms with Gasteiger partial charge < -0.3 is 25.8 Å². The molecule has 0 spiro atoms. The molecule has 1 atom stereocenters. The lowest BCUT2D eigenvalue weighted by atomic mass is 10.1. The van der Waals surface area contributed by atoms with Gasteiger partial charge in [-0.1, -0.05) is 12.1 Å². The molecule has 3 aromatic rings. The van der Waals surface area contributed by atoms with Gasteiger partial charge in [0, 0.05) is 18.0 Å². The van der Waals surface area contributed by atoms with E-state index in [0.717, 1.165) is 23.3 Å². The molecule has 1 unspecified atom stereocenters. The largest absolute Gasteiger partial charge is 0.508 e. The second-order valence-electron chi connectivity index (χ2n) is 8.46. The van der Waals surface area contributed by atoms with Crippen LogP contribution in [-0.2, 0) is 16.0 Å². The van der Waals surface area contributed by atoms with Gasteiger partial charge in [-0.2, -0.15) is 0 Å². The summed E-state index contributed by atoms with van der Waals surface area (Å²) in [7, 11) is 1.21. The number of thiophene rings is 1. The number of nitrogens with one attached hydrogen (secondary N) is 3. The highest BCUT2D eigenvalue weighted by Gasteiger charge is 2.26. The molecule has 37 heavy (non-hydrogen) atoms. The van der Waals surface area contributed by atoms with E-state index in [0.29, 0.717) is 28.8 Å². The van der Waals surface area contributed by atoms with Crippen molar-refractivity contribution in [1.82, 2.24) is 20.6 Å². The van der Waals surface area contributed by atoms with Crippen LogP contribution in [0.1, 0.15) is 48.3 Å². The summed E-state index contributed by atoms with van der Waals surface area (Å²) in [6.07, 6.45) is 1.57. The van der Waals surface area contributed by atoms with Crippen LogP contribution in [-0.4, -0.2) is 59.1 Å². The molecule has 3 rings (SSSR count). The van der Waals surface area contributed by atoms with Crippen LogP contribution < -0.4 is 16.0 Å². The third-order valence-corrected chi connectivity index (χ3v) is 6.56. The molecule has 0 saturated heterocycles. The Bertz CT molecular complexity index is 1250. The Kier molecular flexibility index (Phi) is 9.56. The minimum absolute atomic E-state index is 0.133. The minimum Gasteiger partial charge on any atom is -0.508 e. The van der Waals surface area contributed by atoms with Gasteiger partial charge in [0.05, 0.1) is 28.9 Å². The molecule has 196 valence electrons. The molecule has 2 amide bonds. The van der Waals surface area contributed by atoms with Gasteiger partial charge in [-0.25, -0.2) is 14.8 Å². The van der Waals surface area contributed by atoms with E-state index in [1.807, 2.05) is 19.1 Å². The molecule has 0 radical (unpaired) electrons. The first-order valence-electron chi connectivity index (χ1n) is 11.8. The molecule has 0 aliphatic rings. The predicted octanol–water partition coefficient (Wildman–Crippen LogP) is 2.92. The van der Waals surface area contributed by atoms with E-state index in [-0.39, 0.29) is 23.8 Å². The minimum atomic E-state index is -1.09. The second-order valence-corrected chi connectivity index (χ2v) is 9.75. The summed E-state index contributed by atoms with van der Waals surface area (Å²) in [5.41, 5.74) is 2.17. The number of phenolic OH excluding ortho intramolecular Hbond substituents is 1. The quantitative estimate of drug-likeness (QED) is 0.221. The monoisotopic (exact) mass is 525 g/mol. The van der Waals surface area contributed by atoms with Crippen molar-refractivity contribution in [2.45, 2.75) is 39.7 Å². The van der Waals surface area contributed by atoms with Crippen LogP contribution in [0.2, 0.25) is 0 Å². The van der Waals surface area contributed by atoms with Crippen LogP contribution in [0.25, 0.3) is 0 Å². The number of carbonyl (C=O) groups is 3. The Morgan fingerprint density at radius 2 is 1.78 bits per heavy atom. The molecule has 2 heterocycles. The summed E-state index contributed by atoms with van der Waals surface area (Å²) in [5, 5.41) is 18.0. The lowest BCUT2D eigenvalue weighted by Crippen LogP contribution is -2.49. The van der Waals surface area contributed by atoms with Crippen LogP contribution in [0, 0.1) is 20.8 Å². The molecule has 10 nitrogen and oxygen atoms in total. The number of ether oxygens (including phenoxy) is 1. The Balaban J connectivity index is 1.59. The van der Waals surface area contributed by atoms with Gasteiger partial charge in [-0.05, 0) is 63.4 Å². The maximum atomic E-state index is 13.0. The van der Waals surface area contributed by atoms with Crippen molar-refractivity contribution in [2.75, 3.05) is 25.5 Å². The van der Waals surface area contributed by atoms with Crippen LogP contribution >= 0.6 is 11.3 Å². The van der Waals surface area contributed by atoms with Crippen LogP contribution in [0.4, 0.5) is 5.95 Å². The smallest absolute Gasteiger partial charge is 0.330 e. The number of anilines is 1.